The number of benzene rings is 2. The van der Waals surface area contributed by atoms with Gasteiger partial charge in [-0.2, -0.15) is 0 Å². The number of carbonyl (C=O) groups excluding carboxylic acids is 2. The van der Waals surface area contributed by atoms with E-state index >= 15 is 0 Å². The average molecular weight is 483 g/mol. The zero-order valence-corrected chi connectivity index (χ0v) is 20.1. The largest absolute Gasteiger partial charge is 0.480 e. The fraction of sp³-hybridized carbons (Fsp3) is 0.444. The number of ether oxygens (including phenoxy) is 2. The number of hydrogen-bond donors (Lipinski definition) is 3. The maximum Gasteiger partial charge on any atom is 0.407 e. The monoisotopic (exact) mass is 482 g/mol. The van der Waals surface area contributed by atoms with Gasteiger partial charge in [-0.15, -0.1) is 0 Å². The van der Waals surface area contributed by atoms with Gasteiger partial charge in [0.2, 0.25) is 5.91 Å². The van der Waals surface area contributed by atoms with Crippen LogP contribution in [0.3, 0.4) is 0 Å². The number of carbonyl (C=O) groups is 3. The Balaban J connectivity index is 1.26. The standard InChI is InChI=1S/C27H34N2O6/c1-34-18-24(26(31)32)29-25(30)15-5-3-2-4-10-16-28-27(33)35-17-23-21-13-8-6-11-19(21)20-12-7-9-14-22(20)23/h6-9,11-14,23-24H,2-5,10,15-18H2,1H3,(H,28,33)(H,29,30)(H,31,32)/t24-/m0/s1. The van der Waals surface area contributed by atoms with Crippen molar-refractivity contribution in [2.75, 3.05) is 26.9 Å². The van der Waals surface area contributed by atoms with Crippen molar-refractivity contribution in [2.24, 2.45) is 0 Å². The first-order valence-electron chi connectivity index (χ1n) is 12.1. The molecule has 2 aromatic rings. The van der Waals surface area contributed by atoms with Crippen LogP contribution in [-0.4, -0.2) is 56.0 Å². The zero-order chi connectivity index (χ0) is 25.0. The highest BCUT2D eigenvalue weighted by Gasteiger charge is 2.28. The summed E-state index contributed by atoms with van der Waals surface area (Å²) in [6.07, 6.45) is 4.10. The molecule has 35 heavy (non-hydrogen) atoms. The third-order valence-electron chi connectivity index (χ3n) is 6.16. The van der Waals surface area contributed by atoms with E-state index in [1.54, 1.807) is 0 Å². The molecule has 0 saturated heterocycles. The van der Waals surface area contributed by atoms with Gasteiger partial charge in [0.25, 0.3) is 0 Å². The molecule has 1 aliphatic rings. The van der Waals surface area contributed by atoms with Crippen molar-refractivity contribution in [1.82, 2.24) is 10.6 Å². The molecule has 0 bridgehead atoms. The van der Waals surface area contributed by atoms with Gasteiger partial charge in [0.05, 0.1) is 6.61 Å². The van der Waals surface area contributed by atoms with Gasteiger partial charge in [-0.3, -0.25) is 4.79 Å². The zero-order valence-electron chi connectivity index (χ0n) is 20.1. The van der Waals surface area contributed by atoms with E-state index in [1.807, 2.05) is 24.3 Å². The molecule has 0 aliphatic heterocycles. The van der Waals surface area contributed by atoms with Crippen molar-refractivity contribution in [3.63, 3.8) is 0 Å². The van der Waals surface area contributed by atoms with Gasteiger partial charge >= 0.3 is 12.1 Å². The van der Waals surface area contributed by atoms with E-state index in [1.165, 1.54) is 29.4 Å². The third kappa shape index (κ3) is 7.55. The Labute approximate surface area is 206 Å². The second kappa shape index (κ2) is 13.5. The second-order valence-electron chi connectivity index (χ2n) is 8.68. The smallest absolute Gasteiger partial charge is 0.407 e. The molecule has 0 heterocycles. The van der Waals surface area contributed by atoms with Crippen LogP contribution < -0.4 is 10.6 Å². The molecule has 0 unspecified atom stereocenters. The molecular weight excluding hydrogens is 448 g/mol. The molecule has 0 radical (unpaired) electrons. The number of hydrogen-bond acceptors (Lipinski definition) is 5. The van der Waals surface area contributed by atoms with E-state index in [9.17, 15) is 14.4 Å². The highest BCUT2D eigenvalue weighted by molar-refractivity contribution is 5.83. The highest BCUT2D eigenvalue weighted by atomic mass is 16.5. The van der Waals surface area contributed by atoms with Crippen molar-refractivity contribution in [3.8, 4) is 11.1 Å². The van der Waals surface area contributed by atoms with Crippen molar-refractivity contribution in [1.29, 1.82) is 0 Å². The molecular formula is C27H34N2O6. The van der Waals surface area contributed by atoms with Crippen LogP contribution in [0.5, 0.6) is 0 Å². The van der Waals surface area contributed by atoms with Crippen LogP contribution in [0, 0.1) is 0 Å². The molecule has 0 aromatic heterocycles. The first kappa shape index (κ1) is 26.2. The summed E-state index contributed by atoms with van der Waals surface area (Å²) in [6.45, 7) is 0.779. The van der Waals surface area contributed by atoms with Crippen LogP contribution in [0.2, 0.25) is 0 Å². The summed E-state index contributed by atoms with van der Waals surface area (Å²) in [4.78, 5) is 35.1. The Hall–Kier alpha value is -3.39. The molecule has 0 spiro atoms. The molecule has 0 saturated carbocycles. The Morgan fingerprint density at radius 2 is 1.51 bits per heavy atom. The fourth-order valence-corrected chi connectivity index (χ4v) is 4.39. The molecule has 3 N–H and O–H groups in total. The second-order valence-corrected chi connectivity index (χ2v) is 8.68. The molecule has 0 fully saturated rings. The molecule has 8 heteroatoms. The number of fused-ring (bicyclic) bond motifs is 3. The maximum absolute atomic E-state index is 12.2. The molecule has 2 aromatic carbocycles. The molecule has 1 atom stereocenters. The SMILES string of the molecule is COC[C@H](NC(=O)CCCCCCCNC(=O)OCC1c2ccccc2-c2ccccc21)C(=O)O. The van der Waals surface area contributed by atoms with E-state index in [0.29, 0.717) is 19.6 Å². The highest BCUT2D eigenvalue weighted by Crippen LogP contribution is 2.44. The van der Waals surface area contributed by atoms with Gasteiger partial charge in [0.15, 0.2) is 6.04 Å². The normalized spacial score (nSPS) is 12.9. The minimum Gasteiger partial charge on any atom is -0.480 e. The van der Waals surface area contributed by atoms with Crippen LogP contribution >= 0.6 is 0 Å². The van der Waals surface area contributed by atoms with Crippen LogP contribution in [0.15, 0.2) is 48.5 Å². The summed E-state index contributed by atoms with van der Waals surface area (Å²) in [5.74, 6) is -1.35. The third-order valence-corrected chi connectivity index (χ3v) is 6.16. The summed E-state index contributed by atoms with van der Waals surface area (Å²) >= 11 is 0. The van der Waals surface area contributed by atoms with Crippen LogP contribution in [0.4, 0.5) is 4.79 Å². The number of carboxylic acid groups (broad SMARTS) is 1. The minimum atomic E-state index is -1.11. The summed E-state index contributed by atoms with van der Waals surface area (Å²) in [6, 6.07) is 15.5. The summed E-state index contributed by atoms with van der Waals surface area (Å²) in [5, 5.41) is 14.3. The molecule has 1 aliphatic carbocycles. The lowest BCUT2D eigenvalue weighted by Gasteiger charge is -2.14. The Kier molecular flexibility index (Phi) is 10.1. The predicted octanol–water partition coefficient (Wildman–Crippen LogP) is 4.08. The number of rotatable bonds is 14. The number of amides is 2. The molecule has 3 rings (SSSR count). The van der Waals surface area contributed by atoms with Crippen molar-refractivity contribution in [2.45, 2.75) is 50.5 Å². The van der Waals surface area contributed by atoms with Gasteiger partial charge in [0.1, 0.15) is 6.61 Å². The van der Waals surface area contributed by atoms with E-state index in [0.717, 1.165) is 25.7 Å². The summed E-state index contributed by atoms with van der Waals surface area (Å²) in [5.41, 5.74) is 4.78. The van der Waals surface area contributed by atoms with Crippen molar-refractivity contribution in [3.05, 3.63) is 59.7 Å². The van der Waals surface area contributed by atoms with E-state index < -0.39 is 18.1 Å². The Bertz CT molecular complexity index is 963. The van der Waals surface area contributed by atoms with E-state index in [2.05, 4.69) is 34.9 Å². The summed E-state index contributed by atoms with van der Waals surface area (Å²) in [7, 11) is 1.39. The lowest BCUT2D eigenvalue weighted by atomic mass is 9.98. The number of methoxy groups -OCH3 is 1. The number of carboxylic acids is 1. The van der Waals surface area contributed by atoms with Crippen molar-refractivity contribution < 1.29 is 29.0 Å². The van der Waals surface area contributed by atoms with E-state index in [-0.39, 0.29) is 24.9 Å². The molecule has 2 amide bonds. The number of aliphatic carboxylic acids is 1. The Morgan fingerprint density at radius 3 is 2.14 bits per heavy atom. The lowest BCUT2D eigenvalue weighted by molar-refractivity contribution is -0.143. The van der Waals surface area contributed by atoms with Crippen LogP contribution in [-0.2, 0) is 19.1 Å². The van der Waals surface area contributed by atoms with Crippen LogP contribution in [0.25, 0.3) is 11.1 Å². The number of unbranched alkanes of at least 4 members (excludes halogenated alkanes) is 4. The minimum absolute atomic E-state index is 0.0469. The first-order valence-corrected chi connectivity index (χ1v) is 12.1. The van der Waals surface area contributed by atoms with Gasteiger partial charge < -0.3 is 25.2 Å². The van der Waals surface area contributed by atoms with E-state index in [4.69, 9.17) is 14.6 Å². The summed E-state index contributed by atoms with van der Waals surface area (Å²) < 4.78 is 10.3. The maximum atomic E-state index is 12.2. The molecule has 8 nitrogen and oxygen atoms in total. The fourth-order valence-electron chi connectivity index (χ4n) is 4.39. The van der Waals surface area contributed by atoms with Gasteiger partial charge in [-0.05, 0) is 35.1 Å². The molecule has 188 valence electrons. The first-order chi connectivity index (χ1) is 17.0. The Morgan fingerprint density at radius 1 is 0.914 bits per heavy atom. The number of alkyl carbamates (subject to hydrolysis) is 1. The predicted molar refractivity (Wildman–Crippen MR) is 132 cm³/mol. The topological polar surface area (TPSA) is 114 Å². The van der Waals surface area contributed by atoms with Crippen molar-refractivity contribution >= 4 is 18.0 Å². The van der Waals surface area contributed by atoms with Crippen LogP contribution in [0.1, 0.15) is 55.6 Å². The number of nitrogens with one attached hydrogen (secondary N) is 2. The van der Waals surface area contributed by atoms with Gasteiger partial charge in [-0.1, -0.05) is 67.8 Å². The quantitative estimate of drug-likeness (QED) is 0.350. The average Bonchev–Trinajstić information content (AvgIpc) is 3.17. The van der Waals surface area contributed by atoms with Gasteiger partial charge in [0, 0.05) is 26.0 Å². The van der Waals surface area contributed by atoms with Gasteiger partial charge in [-0.25, -0.2) is 9.59 Å². The lowest BCUT2D eigenvalue weighted by Crippen LogP contribution is -2.43.